The summed E-state index contributed by atoms with van der Waals surface area (Å²) in [6, 6.07) is 5.33. The summed E-state index contributed by atoms with van der Waals surface area (Å²) < 4.78 is 5.00. The summed E-state index contributed by atoms with van der Waals surface area (Å²) in [5, 5.41) is 27.5. The molecule has 3 N–H and O–H groups in total. The molecule has 22 heavy (non-hydrogen) atoms. The van der Waals surface area contributed by atoms with Crippen LogP contribution in [0.1, 0.15) is 23.3 Å². The van der Waals surface area contributed by atoms with E-state index in [4.69, 9.17) is 14.9 Å². The molecule has 0 saturated heterocycles. The molecule has 0 unspecified atom stereocenters. The fourth-order valence-electron chi connectivity index (χ4n) is 1.78. The molecule has 8 nitrogen and oxygen atoms in total. The monoisotopic (exact) mass is 305 g/mol. The number of aromatic carboxylic acids is 1. The number of aromatic nitrogens is 1. The van der Waals surface area contributed by atoms with E-state index in [1.807, 2.05) is 0 Å². The number of hydrogen-bond donors (Lipinski definition) is 3. The summed E-state index contributed by atoms with van der Waals surface area (Å²) in [6.45, 7) is 0. The quantitative estimate of drug-likeness (QED) is 0.557. The number of benzene rings is 1. The molecule has 8 heteroatoms. The fraction of sp³-hybridized carbons (Fsp3) is 0.143. The molecule has 0 amide bonds. The van der Waals surface area contributed by atoms with E-state index in [0.717, 1.165) is 6.07 Å². The lowest BCUT2D eigenvalue weighted by Gasteiger charge is -2.08. The molecule has 1 heterocycles. The van der Waals surface area contributed by atoms with Gasteiger partial charge in [0.2, 0.25) is 0 Å². The fourth-order valence-corrected chi connectivity index (χ4v) is 1.78. The van der Waals surface area contributed by atoms with Crippen molar-refractivity contribution in [2.45, 2.75) is 12.8 Å². The predicted octanol–water partition coefficient (Wildman–Crippen LogP) is 1.41. The van der Waals surface area contributed by atoms with E-state index in [-0.39, 0.29) is 35.2 Å². The van der Waals surface area contributed by atoms with Crippen LogP contribution < -0.4 is 4.74 Å². The van der Waals surface area contributed by atoms with Crippen LogP contribution in [0.5, 0.6) is 11.5 Å². The van der Waals surface area contributed by atoms with Gasteiger partial charge < -0.3 is 20.1 Å². The van der Waals surface area contributed by atoms with Crippen LogP contribution in [0.3, 0.4) is 0 Å². The summed E-state index contributed by atoms with van der Waals surface area (Å²) in [5.41, 5.74) is -0.400. The number of aromatic hydroxyl groups is 1. The maximum Gasteiger partial charge on any atom is 0.354 e. The van der Waals surface area contributed by atoms with Gasteiger partial charge in [0.15, 0.2) is 11.4 Å². The molecule has 0 aliphatic rings. The van der Waals surface area contributed by atoms with Crippen molar-refractivity contribution < 1.29 is 34.4 Å². The van der Waals surface area contributed by atoms with Crippen molar-refractivity contribution in [3.63, 3.8) is 0 Å². The largest absolute Gasteiger partial charge is 0.507 e. The van der Waals surface area contributed by atoms with Gasteiger partial charge in [-0.25, -0.2) is 9.78 Å². The summed E-state index contributed by atoms with van der Waals surface area (Å²) in [6.07, 6.45) is -0.723. The highest BCUT2D eigenvalue weighted by molar-refractivity contribution is 5.96. The van der Waals surface area contributed by atoms with E-state index >= 15 is 0 Å². The number of nitrogens with zero attached hydrogens (tertiary/aromatic N) is 1. The molecule has 1 aromatic carbocycles. The zero-order valence-electron chi connectivity index (χ0n) is 11.1. The zero-order chi connectivity index (χ0) is 16.3. The van der Waals surface area contributed by atoms with E-state index in [0.29, 0.717) is 0 Å². The Labute approximate surface area is 123 Å². The van der Waals surface area contributed by atoms with Crippen molar-refractivity contribution in [1.29, 1.82) is 0 Å². The maximum atomic E-state index is 11.6. The topological polar surface area (TPSA) is 134 Å². The summed E-state index contributed by atoms with van der Waals surface area (Å²) in [5.74, 6) is -3.64. The van der Waals surface area contributed by atoms with Crippen LogP contribution in [0.15, 0.2) is 24.3 Å². The SMILES string of the molecule is O=C(O)CCC(=O)Oc1cccc2c(O)cc(C(=O)O)nc12. The Morgan fingerprint density at radius 1 is 1.14 bits per heavy atom. The molecule has 0 spiro atoms. The third kappa shape index (κ3) is 3.29. The smallest absolute Gasteiger partial charge is 0.354 e. The van der Waals surface area contributed by atoms with Crippen LogP contribution in [0, 0.1) is 0 Å². The standard InChI is InChI=1S/C14H11NO7/c16-9-6-8(14(20)21)15-13-7(9)2-1-3-10(13)22-12(19)5-4-11(17)18/h1-3,6H,4-5H2,(H,15,16)(H,17,18)(H,20,21). The molecule has 0 saturated carbocycles. The number of esters is 1. The average Bonchev–Trinajstić information content (AvgIpc) is 2.45. The minimum absolute atomic E-state index is 0.00331. The predicted molar refractivity (Wildman–Crippen MR) is 72.9 cm³/mol. The Morgan fingerprint density at radius 3 is 2.50 bits per heavy atom. The molecule has 0 fully saturated rings. The minimum Gasteiger partial charge on any atom is -0.507 e. The lowest BCUT2D eigenvalue weighted by Crippen LogP contribution is -2.11. The second-order valence-corrected chi connectivity index (χ2v) is 4.35. The highest BCUT2D eigenvalue weighted by Gasteiger charge is 2.16. The first-order valence-electron chi connectivity index (χ1n) is 6.17. The van der Waals surface area contributed by atoms with E-state index in [9.17, 15) is 19.5 Å². The number of pyridine rings is 1. The molecule has 114 valence electrons. The van der Waals surface area contributed by atoms with E-state index in [2.05, 4.69) is 4.98 Å². The Bertz CT molecular complexity index is 769. The van der Waals surface area contributed by atoms with Crippen molar-refractivity contribution in [2.24, 2.45) is 0 Å². The first kappa shape index (κ1) is 15.2. The van der Waals surface area contributed by atoms with Gasteiger partial charge in [-0.05, 0) is 12.1 Å². The van der Waals surface area contributed by atoms with Gasteiger partial charge in [0, 0.05) is 11.5 Å². The van der Waals surface area contributed by atoms with Gasteiger partial charge in [-0.15, -0.1) is 0 Å². The molecule has 0 aliphatic heterocycles. The Morgan fingerprint density at radius 2 is 1.86 bits per heavy atom. The lowest BCUT2D eigenvalue weighted by molar-refractivity contribution is -0.142. The minimum atomic E-state index is -1.34. The van der Waals surface area contributed by atoms with Crippen LogP contribution in [0.25, 0.3) is 10.9 Å². The maximum absolute atomic E-state index is 11.6. The number of carboxylic acid groups (broad SMARTS) is 2. The van der Waals surface area contributed by atoms with E-state index in [1.165, 1.54) is 18.2 Å². The van der Waals surface area contributed by atoms with Crippen LogP contribution in [-0.2, 0) is 9.59 Å². The molecule has 0 radical (unpaired) electrons. The number of carboxylic acids is 2. The number of aliphatic carboxylic acids is 1. The van der Waals surface area contributed by atoms with Gasteiger partial charge in [0.25, 0.3) is 0 Å². The summed E-state index contributed by atoms with van der Waals surface area (Å²) >= 11 is 0. The van der Waals surface area contributed by atoms with Gasteiger partial charge in [-0.2, -0.15) is 0 Å². The summed E-state index contributed by atoms with van der Waals surface area (Å²) in [7, 11) is 0. The Hall–Kier alpha value is -3.16. The molecular formula is C14H11NO7. The molecular weight excluding hydrogens is 294 g/mol. The highest BCUT2D eigenvalue weighted by atomic mass is 16.5. The highest BCUT2D eigenvalue weighted by Crippen LogP contribution is 2.31. The molecule has 0 aliphatic carbocycles. The van der Waals surface area contributed by atoms with Crippen LogP contribution in [0.2, 0.25) is 0 Å². The molecule has 2 aromatic rings. The van der Waals surface area contributed by atoms with Crippen LogP contribution in [-0.4, -0.2) is 38.2 Å². The number of hydrogen-bond acceptors (Lipinski definition) is 6. The zero-order valence-corrected chi connectivity index (χ0v) is 11.1. The lowest BCUT2D eigenvalue weighted by atomic mass is 10.1. The third-order valence-electron chi connectivity index (χ3n) is 2.77. The number of ether oxygens (including phenoxy) is 1. The molecule has 2 rings (SSSR count). The first-order valence-corrected chi connectivity index (χ1v) is 6.17. The van der Waals surface area contributed by atoms with Gasteiger partial charge in [0.1, 0.15) is 11.3 Å². The third-order valence-corrected chi connectivity index (χ3v) is 2.77. The van der Waals surface area contributed by atoms with E-state index < -0.39 is 23.6 Å². The van der Waals surface area contributed by atoms with Crippen molar-refractivity contribution in [1.82, 2.24) is 4.98 Å². The van der Waals surface area contributed by atoms with Gasteiger partial charge in [-0.3, -0.25) is 9.59 Å². The van der Waals surface area contributed by atoms with Gasteiger partial charge in [0.05, 0.1) is 12.8 Å². The number of rotatable bonds is 5. The molecule has 0 bridgehead atoms. The Balaban J connectivity index is 2.39. The van der Waals surface area contributed by atoms with Crippen LogP contribution in [0.4, 0.5) is 0 Å². The number of carbonyl (C=O) groups is 3. The number of fused-ring (bicyclic) bond motifs is 1. The average molecular weight is 305 g/mol. The number of para-hydroxylation sites is 1. The summed E-state index contributed by atoms with van der Waals surface area (Å²) in [4.78, 5) is 36.8. The van der Waals surface area contributed by atoms with Crippen molar-refractivity contribution in [2.75, 3.05) is 0 Å². The second kappa shape index (κ2) is 6.08. The van der Waals surface area contributed by atoms with Crippen LogP contribution >= 0.6 is 0 Å². The van der Waals surface area contributed by atoms with E-state index in [1.54, 1.807) is 0 Å². The normalized spacial score (nSPS) is 10.4. The second-order valence-electron chi connectivity index (χ2n) is 4.35. The van der Waals surface area contributed by atoms with Gasteiger partial charge >= 0.3 is 17.9 Å². The Kier molecular flexibility index (Phi) is 4.21. The van der Waals surface area contributed by atoms with Crippen molar-refractivity contribution in [3.05, 3.63) is 30.0 Å². The van der Waals surface area contributed by atoms with Crippen molar-refractivity contribution >= 4 is 28.8 Å². The number of carbonyl (C=O) groups excluding carboxylic acids is 1. The molecule has 1 aromatic heterocycles. The van der Waals surface area contributed by atoms with Gasteiger partial charge in [-0.1, -0.05) is 6.07 Å². The first-order chi connectivity index (χ1) is 10.4. The van der Waals surface area contributed by atoms with Crippen molar-refractivity contribution in [3.8, 4) is 11.5 Å². The molecule has 0 atom stereocenters.